The first kappa shape index (κ1) is 11.6. The van der Waals surface area contributed by atoms with Crippen LogP contribution in [0.5, 0.6) is 0 Å². The molecule has 4 nitrogen and oxygen atoms in total. The van der Waals surface area contributed by atoms with Crippen LogP contribution in [0.4, 0.5) is 5.69 Å². The van der Waals surface area contributed by atoms with Crippen molar-refractivity contribution in [3.8, 4) is 0 Å². The molecule has 0 aliphatic carbocycles. The van der Waals surface area contributed by atoms with Crippen LogP contribution in [0.3, 0.4) is 0 Å². The molecule has 1 aromatic heterocycles. The number of amides is 1. The lowest BCUT2D eigenvalue weighted by atomic mass is 10.2. The summed E-state index contributed by atoms with van der Waals surface area (Å²) in [7, 11) is 0. The number of hydrogen-bond acceptors (Lipinski definition) is 2. The lowest BCUT2D eigenvalue weighted by molar-refractivity contribution is 0.102. The van der Waals surface area contributed by atoms with E-state index >= 15 is 0 Å². The van der Waals surface area contributed by atoms with Crippen LogP contribution in [-0.2, 0) is 0 Å². The van der Waals surface area contributed by atoms with Gasteiger partial charge in [0.2, 0.25) is 0 Å². The Hall–Kier alpha value is -1.88. The molecule has 17 heavy (non-hydrogen) atoms. The van der Waals surface area contributed by atoms with E-state index in [1.165, 1.54) is 18.5 Å². The zero-order valence-corrected chi connectivity index (χ0v) is 10.3. The Bertz CT molecular complexity index is 607. The highest BCUT2D eigenvalue weighted by molar-refractivity contribution is 9.10. The molecule has 0 radical (unpaired) electrons. The second kappa shape index (κ2) is 4.97. The molecule has 1 amide bonds. The molecule has 2 rings (SSSR count). The van der Waals surface area contributed by atoms with Gasteiger partial charge in [-0.15, -0.1) is 0 Å². The van der Waals surface area contributed by atoms with Crippen LogP contribution in [0.25, 0.3) is 0 Å². The standard InChI is InChI=1S/C12H9BrN2O2/c13-8-2-1-3-9(6-8)15-12(17)10-7-14-5-4-11(10)16/h1-7H,(H,14,16)(H,15,17). The average molecular weight is 293 g/mol. The number of carbonyl (C=O) groups is 1. The third-order valence-electron chi connectivity index (χ3n) is 2.15. The first-order valence-corrected chi connectivity index (χ1v) is 5.70. The fourth-order valence-corrected chi connectivity index (χ4v) is 1.76. The third-order valence-corrected chi connectivity index (χ3v) is 2.64. The van der Waals surface area contributed by atoms with Crippen LogP contribution in [0, 0.1) is 0 Å². The van der Waals surface area contributed by atoms with Gasteiger partial charge in [-0.3, -0.25) is 9.59 Å². The Kier molecular flexibility index (Phi) is 3.39. The normalized spacial score (nSPS) is 9.94. The molecule has 0 bridgehead atoms. The molecule has 0 saturated carbocycles. The largest absolute Gasteiger partial charge is 0.367 e. The van der Waals surface area contributed by atoms with E-state index in [0.717, 1.165) is 4.47 Å². The Morgan fingerprint density at radius 1 is 1.29 bits per heavy atom. The fraction of sp³-hybridized carbons (Fsp3) is 0. The minimum Gasteiger partial charge on any atom is -0.367 e. The zero-order chi connectivity index (χ0) is 12.3. The quantitative estimate of drug-likeness (QED) is 0.893. The number of H-pyrrole nitrogens is 1. The summed E-state index contributed by atoms with van der Waals surface area (Å²) in [5.41, 5.74) is 0.413. The summed E-state index contributed by atoms with van der Waals surface area (Å²) in [6.45, 7) is 0. The van der Waals surface area contributed by atoms with Crippen molar-refractivity contribution in [2.24, 2.45) is 0 Å². The number of aromatic nitrogens is 1. The number of carbonyl (C=O) groups excluding carboxylic acids is 1. The second-order valence-corrected chi connectivity index (χ2v) is 4.30. The van der Waals surface area contributed by atoms with E-state index in [1.807, 2.05) is 6.07 Å². The van der Waals surface area contributed by atoms with Gasteiger partial charge in [0.25, 0.3) is 5.91 Å². The first-order valence-electron chi connectivity index (χ1n) is 4.91. The van der Waals surface area contributed by atoms with Crippen LogP contribution in [0.15, 0.2) is 52.0 Å². The lowest BCUT2D eigenvalue weighted by Gasteiger charge is -2.04. The SMILES string of the molecule is O=C(Nc1cccc(Br)c1)c1c[nH]ccc1=O. The molecule has 0 aliphatic heterocycles. The monoisotopic (exact) mass is 292 g/mol. The van der Waals surface area contributed by atoms with Crippen molar-refractivity contribution >= 4 is 27.5 Å². The van der Waals surface area contributed by atoms with Gasteiger partial charge in [0.15, 0.2) is 5.43 Å². The van der Waals surface area contributed by atoms with E-state index in [1.54, 1.807) is 18.2 Å². The van der Waals surface area contributed by atoms with Gasteiger partial charge < -0.3 is 10.3 Å². The van der Waals surface area contributed by atoms with Crippen molar-refractivity contribution in [1.29, 1.82) is 0 Å². The molecule has 2 aromatic rings. The maximum atomic E-state index is 11.8. The summed E-state index contributed by atoms with van der Waals surface area (Å²) in [6, 6.07) is 8.48. The number of aromatic amines is 1. The van der Waals surface area contributed by atoms with Crippen LogP contribution < -0.4 is 10.7 Å². The average Bonchev–Trinajstić information content (AvgIpc) is 2.29. The third kappa shape index (κ3) is 2.82. The highest BCUT2D eigenvalue weighted by Gasteiger charge is 2.09. The van der Waals surface area contributed by atoms with E-state index in [0.29, 0.717) is 5.69 Å². The molecule has 2 N–H and O–H groups in total. The van der Waals surface area contributed by atoms with Crippen LogP contribution >= 0.6 is 15.9 Å². The Labute approximate surface area is 106 Å². The fourth-order valence-electron chi connectivity index (χ4n) is 1.36. The number of nitrogens with one attached hydrogen (secondary N) is 2. The minimum absolute atomic E-state index is 0.0903. The van der Waals surface area contributed by atoms with Crippen molar-refractivity contribution < 1.29 is 4.79 Å². The topological polar surface area (TPSA) is 62.0 Å². The van der Waals surface area contributed by atoms with Gasteiger partial charge in [-0.1, -0.05) is 22.0 Å². The lowest BCUT2D eigenvalue weighted by Crippen LogP contribution is -2.20. The van der Waals surface area contributed by atoms with Gasteiger partial charge in [0.05, 0.1) is 0 Å². The van der Waals surface area contributed by atoms with E-state index in [4.69, 9.17) is 0 Å². The predicted octanol–water partition coefficient (Wildman–Crippen LogP) is 2.39. The second-order valence-electron chi connectivity index (χ2n) is 3.39. The van der Waals surface area contributed by atoms with Gasteiger partial charge in [-0.2, -0.15) is 0 Å². The van der Waals surface area contributed by atoms with E-state index in [2.05, 4.69) is 26.2 Å². The molecule has 1 heterocycles. The van der Waals surface area contributed by atoms with E-state index in [9.17, 15) is 9.59 Å². The Balaban J connectivity index is 2.23. The van der Waals surface area contributed by atoms with E-state index < -0.39 is 5.91 Å². The smallest absolute Gasteiger partial charge is 0.261 e. The van der Waals surface area contributed by atoms with Gasteiger partial charge in [-0.05, 0) is 18.2 Å². The van der Waals surface area contributed by atoms with Crippen molar-refractivity contribution in [3.63, 3.8) is 0 Å². The van der Waals surface area contributed by atoms with Crippen LogP contribution in [-0.4, -0.2) is 10.9 Å². The molecular weight excluding hydrogens is 284 g/mol. The molecule has 1 aromatic carbocycles. The summed E-state index contributed by atoms with van der Waals surface area (Å²) >= 11 is 3.30. The van der Waals surface area contributed by atoms with Crippen molar-refractivity contribution in [2.75, 3.05) is 5.32 Å². The van der Waals surface area contributed by atoms with Crippen molar-refractivity contribution in [3.05, 3.63) is 63.0 Å². The molecule has 0 fully saturated rings. The maximum Gasteiger partial charge on any atom is 0.261 e. The molecule has 0 aliphatic rings. The summed E-state index contributed by atoms with van der Waals surface area (Å²) in [4.78, 5) is 25.9. The molecule has 0 saturated heterocycles. The molecule has 0 atom stereocenters. The summed E-state index contributed by atoms with van der Waals surface area (Å²) in [5, 5.41) is 2.65. The highest BCUT2D eigenvalue weighted by Crippen LogP contribution is 2.15. The van der Waals surface area contributed by atoms with Gasteiger partial charge in [0.1, 0.15) is 5.56 Å². The molecule has 86 valence electrons. The summed E-state index contributed by atoms with van der Waals surface area (Å²) in [5.74, 6) is -0.426. The molecular formula is C12H9BrN2O2. The number of hydrogen-bond donors (Lipinski definition) is 2. The summed E-state index contributed by atoms with van der Waals surface area (Å²) < 4.78 is 0.859. The Morgan fingerprint density at radius 3 is 2.82 bits per heavy atom. The molecule has 5 heteroatoms. The molecule has 0 unspecified atom stereocenters. The maximum absolute atomic E-state index is 11.8. The molecule has 0 spiro atoms. The van der Waals surface area contributed by atoms with Gasteiger partial charge >= 0.3 is 0 Å². The number of benzene rings is 1. The van der Waals surface area contributed by atoms with Gasteiger partial charge in [-0.25, -0.2) is 0 Å². The summed E-state index contributed by atoms with van der Waals surface area (Å²) in [6.07, 6.45) is 2.87. The van der Waals surface area contributed by atoms with Crippen LogP contribution in [0.2, 0.25) is 0 Å². The highest BCUT2D eigenvalue weighted by atomic mass is 79.9. The number of pyridine rings is 1. The van der Waals surface area contributed by atoms with E-state index in [-0.39, 0.29) is 11.0 Å². The minimum atomic E-state index is -0.426. The van der Waals surface area contributed by atoms with Crippen LogP contribution in [0.1, 0.15) is 10.4 Å². The zero-order valence-electron chi connectivity index (χ0n) is 8.74. The number of anilines is 1. The predicted molar refractivity (Wildman–Crippen MR) is 69.2 cm³/mol. The van der Waals surface area contributed by atoms with Gasteiger partial charge in [0, 0.05) is 28.6 Å². The first-order chi connectivity index (χ1) is 8.16. The number of halogens is 1. The van der Waals surface area contributed by atoms with Crippen molar-refractivity contribution in [1.82, 2.24) is 4.98 Å². The Morgan fingerprint density at radius 2 is 2.12 bits per heavy atom. The van der Waals surface area contributed by atoms with Crippen molar-refractivity contribution in [2.45, 2.75) is 0 Å². The number of rotatable bonds is 2.